The summed E-state index contributed by atoms with van der Waals surface area (Å²) < 4.78 is 0. The Bertz CT molecular complexity index is 864. The predicted octanol–water partition coefficient (Wildman–Crippen LogP) is -1.57. The number of carbonyl (C=O) groups is 5. The van der Waals surface area contributed by atoms with Crippen LogP contribution in [0.25, 0.3) is 0 Å². The summed E-state index contributed by atoms with van der Waals surface area (Å²) in [5.41, 5.74) is 16.3. The van der Waals surface area contributed by atoms with Gasteiger partial charge >= 0.3 is 5.97 Å². The fourth-order valence-corrected chi connectivity index (χ4v) is 3.74. The fourth-order valence-electron chi connectivity index (χ4n) is 3.48. The van der Waals surface area contributed by atoms with E-state index in [1.165, 1.54) is 6.92 Å². The van der Waals surface area contributed by atoms with Crippen LogP contribution in [-0.4, -0.2) is 83.2 Å². The molecule has 0 aromatic heterocycles. The summed E-state index contributed by atoms with van der Waals surface area (Å²) in [4.78, 5) is 66.7. The number of nitrogens with one attached hydrogen (secondary N) is 4. The Labute approximate surface area is 235 Å². The third-order valence-electron chi connectivity index (χ3n) is 5.47. The summed E-state index contributed by atoms with van der Waals surface area (Å²) in [5.74, 6) is -3.94. The SMILES string of the molecule is CC(C)C[C@H](NC(=O)[C@H](CS)NC(=O)[C@H](CC(C)C)NC(=O)[C@H](CCCN=C(N)N)NC(=O)[C@H](C)N)C(=O)O. The van der Waals surface area contributed by atoms with Gasteiger partial charge < -0.3 is 43.6 Å². The molecule has 0 aliphatic rings. The number of carboxylic acids is 1. The fraction of sp³-hybridized carbons (Fsp3) is 0.750. The van der Waals surface area contributed by atoms with E-state index < -0.39 is 59.8 Å². The van der Waals surface area contributed by atoms with E-state index in [1.54, 1.807) is 0 Å². The van der Waals surface area contributed by atoms with Crippen molar-refractivity contribution < 1.29 is 29.1 Å². The lowest BCUT2D eigenvalue weighted by Gasteiger charge is -2.26. The van der Waals surface area contributed by atoms with Crippen molar-refractivity contribution in [2.75, 3.05) is 12.3 Å². The molecule has 0 heterocycles. The minimum absolute atomic E-state index is 0.0104. The molecule has 0 aromatic rings. The first-order valence-electron chi connectivity index (χ1n) is 12.9. The molecule has 0 aliphatic heterocycles. The number of aliphatic imine (C=N–C) groups is 1. The first-order chi connectivity index (χ1) is 18.1. The van der Waals surface area contributed by atoms with Crippen molar-refractivity contribution in [2.24, 2.45) is 34.0 Å². The maximum atomic E-state index is 13.2. The highest BCUT2D eigenvalue weighted by atomic mass is 32.1. The molecule has 0 fully saturated rings. The Morgan fingerprint density at radius 2 is 1.18 bits per heavy atom. The zero-order valence-corrected chi connectivity index (χ0v) is 24.3. The van der Waals surface area contributed by atoms with Gasteiger partial charge in [-0.25, -0.2) is 4.79 Å². The number of amides is 4. The van der Waals surface area contributed by atoms with Crippen LogP contribution in [0.1, 0.15) is 60.3 Å². The average molecular weight is 575 g/mol. The molecular formula is C24H46N8O6S. The maximum Gasteiger partial charge on any atom is 0.326 e. The van der Waals surface area contributed by atoms with E-state index in [0.29, 0.717) is 6.42 Å². The van der Waals surface area contributed by atoms with Gasteiger partial charge in [0.05, 0.1) is 6.04 Å². The van der Waals surface area contributed by atoms with Gasteiger partial charge in [-0.15, -0.1) is 0 Å². The number of thiol groups is 1. The summed E-state index contributed by atoms with van der Waals surface area (Å²) >= 11 is 4.14. The molecule has 0 spiro atoms. The van der Waals surface area contributed by atoms with E-state index in [9.17, 15) is 29.1 Å². The Balaban J connectivity index is 5.62. The monoisotopic (exact) mass is 574 g/mol. The molecule has 224 valence electrons. The van der Waals surface area contributed by atoms with Crippen LogP contribution >= 0.6 is 12.6 Å². The van der Waals surface area contributed by atoms with E-state index in [1.807, 2.05) is 27.7 Å². The van der Waals surface area contributed by atoms with Crippen LogP contribution in [0.4, 0.5) is 0 Å². The van der Waals surface area contributed by atoms with Crippen molar-refractivity contribution in [1.82, 2.24) is 21.3 Å². The first kappa shape index (κ1) is 35.9. The minimum atomic E-state index is -1.19. The number of guanidine groups is 1. The van der Waals surface area contributed by atoms with Gasteiger partial charge in [-0.2, -0.15) is 12.6 Å². The van der Waals surface area contributed by atoms with Crippen LogP contribution in [0.3, 0.4) is 0 Å². The van der Waals surface area contributed by atoms with Gasteiger partial charge in [0.15, 0.2) is 5.96 Å². The summed E-state index contributed by atoms with van der Waals surface area (Å²) in [5, 5.41) is 19.6. The third kappa shape index (κ3) is 15.2. The molecule has 5 atom stereocenters. The molecular weight excluding hydrogens is 528 g/mol. The topological polar surface area (TPSA) is 244 Å². The maximum absolute atomic E-state index is 13.2. The summed E-state index contributed by atoms with van der Waals surface area (Å²) in [6, 6.07) is -5.21. The smallest absolute Gasteiger partial charge is 0.326 e. The average Bonchev–Trinajstić information content (AvgIpc) is 2.81. The predicted molar refractivity (Wildman–Crippen MR) is 152 cm³/mol. The van der Waals surface area contributed by atoms with Crippen molar-refractivity contribution in [1.29, 1.82) is 0 Å². The summed E-state index contributed by atoms with van der Waals surface area (Å²) in [7, 11) is 0. The Hall–Kier alpha value is -3.07. The second kappa shape index (κ2) is 18.3. The molecule has 0 aliphatic carbocycles. The Morgan fingerprint density at radius 3 is 1.64 bits per heavy atom. The normalized spacial score (nSPS) is 14.9. The zero-order chi connectivity index (χ0) is 30.3. The minimum Gasteiger partial charge on any atom is -0.480 e. The van der Waals surface area contributed by atoms with Gasteiger partial charge in [-0.05, 0) is 44.4 Å². The second-order valence-corrected chi connectivity index (χ2v) is 10.6. The highest BCUT2D eigenvalue weighted by Gasteiger charge is 2.31. The Kier molecular flexibility index (Phi) is 16.8. The number of hydrogen-bond acceptors (Lipinski definition) is 8. The van der Waals surface area contributed by atoms with Crippen LogP contribution in [-0.2, 0) is 24.0 Å². The van der Waals surface area contributed by atoms with E-state index in [4.69, 9.17) is 17.2 Å². The highest BCUT2D eigenvalue weighted by molar-refractivity contribution is 7.80. The van der Waals surface area contributed by atoms with E-state index in [2.05, 4.69) is 38.9 Å². The number of carboxylic acid groups (broad SMARTS) is 1. The number of nitrogens with two attached hydrogens (primary N) is 3. The largest absolute Gasteiger partial charge is 0.480 e. The molecule has 15 heteroatoms. The van der Waals surface area contributed by atoms with Gasteiger partial charge in [0.25, 0.3) is 0 Å². The standard InChI is InChI=1S/C24H46N8O6S/c1-12(2)9-16(21(35)32-18(11-39)22(36)31-17(23(37)38)10-13(3)4)30-20(34)15(29-19(33)14(5)25)7-6-8-28-24(26)27/h12-18,39H,6-11,25H2,1-5H3,(H,29,33)(H,30,34)(H,31,36)(H,32,35)(H,37,38)(H4,26,27,28)/t14-,15-,16-,17-,18-/m0/s1. The van der Waals surface area contributed by atoms with Crippen molar-refractivity contribution in [3.8, 4) is 0 Å². The van der Waals surface area contributed by atoms with E-state index in [-0.39, 0.29) is 49.4 Å². The molecule has 0 bridgehead atoms. The van der Waals surface area contributed by atoms with E-state index in [0.717, 1.165) is 0 Å². The van der Waals surface area contributed by atoms with Crippen LogP contribution in [0, 0.1) is 11.8 Å². The lowest BCUT2D eigenvalue weighted by Crippen LogP contribution is -2.59. The molecule has 4 amide bonds. The number of aliphatic carboxylic acids is 1. The van der Waals surface area contributed by atoms with Crippen molar-refractivity contribution in [3.63, 3.8) is 0 Å². The van der Waals surface area contributed by atoms with E-state index >= 15 is 0 Å². The van der Waals surface area contributed by atoms with Crippen molar-refractivity contribution >= 4 is 48.2 Å². The summed E-state index contributed by atoms with van der Waals surface area (Å²) in [6.45, 7) is 9.04. The quantitative estimate of drug-likeness (QED) is 0.0397. The third-order valence-corrected chi connectivity index (χ3v) is 5.83. The van der Waals surface area contributed by atoms with Crippen molar-refractivity contribution in [2.45, 2.75) is 90.5 Å². The molecule has 11 N–H and O–H groups in total. The van der Waals surface area contributed by atoms with Crippen LogP contribution in [0.15, 0.2) is 4.99 Å². The van der Waals surface area contributed by atoms with Crippen LogP contribution in [0.5, 0.6) is 0 Å². The van der Waals surface area contributed by atoms with Gasteiger partial charge in [-0.1, -0.05) is 27.7 Å². The number of rotatable bonds is 18. The Morgan fingerprint density at radius 1 is 0.744 bits per heavy atom. The lowest BCUT2D eigenvalue weighted by atomic mass is 10.0. The molecule has 0 aromatic carbocycles. The lowest BCUT2D eigenvalue weighted by molar-refractivity contribution is -0.142. The molecule has 0 saturated carbocycles. The number of hydrogen-bond donors (Lipinski definition) is 9. The van der Waals surface area contributed by atoms with Gasteiger partial charge in [0.1, 0.15) is 24.2 Å². The molecule has 0 radical (unpaired) electrons. The number of nitrogens with zero attached hydrogens (tertiary/aromatic N) is 1. The van der Waals surface area contributed by atoms with Gasteiger partial charge in [-0.3, -0.25) is 24.2 Å². The molecule has 0 rings (SSSR count). The van der Waals surface area contributed by atoms with Gasteiger partial charge in [0, 0.05) is 12.3 Å². The van der Waals surface area contributed by atoms with Crippen LogP contribution in [0.2, 0.25) is 0 Å². The molecule has 14 nitrogen and oxygen atoms in total. The zero-order valence-electron chi connectivity index (χ0n) is 23.4. The van der Waals surface area contributed by atoms with Crippen LogP contribution < -0.4 is 38.5 Å². The molecule has 0 saturated heterocycles. The molecule has 39 heavy (non-hydrogen) atoms. The first-order valence-corrected chi connectivity index (χ1v) is 13.6. The number of carbonyl (C=O) groups excluding carboxylic acids is 4. The van der Waals surface area contributed by atoms with Gasteiger partial charge in [0.2, 0.25) is 23.6 Å². The molecule has 0 unspecified atom stereocenters. The van der Waals surface area contributed by atoms with Crippen molar-refractivity contribution in [3.05, 3.63) is 0 Å². The summed E-state index contributed by atoms with van der Waals surface area (Å²) in [6.07, 6.45) is 0.966. The highest BCUT2D eigenvalue weighted by Crippen LogP contribution is 2.09. The second-order valence-electron chi connectivity index (χ2n) is 10.3.